The van der Waals surface area contributed by atoms with E-state index in [9.17, 15) is 4.39 Å². The van der Waals surface area contributed by atoms with E-state index in [0.717, 1.165) is 42.8 Å². The molecule has 112 valence electrons. The number of aromatic nitrogens is 3. The number of aryl methyl sites for hydroxylation is 2. The maximum atomic E-state index is 12.9. The van der Waals surface area contributed by atoms with Crippen molar-refractivity contribution in [2.45, 2.75) is 33.1 Å². The van der Waals surface area contributed by atoms with Gasteiger partial charge in [0, 0.05) is 13.6 Å². The smallest absolute Gasteiger partial charge is 0.245 e. The van der Waals surface area contributed by atoms with Crippen LogP contribution in [0, 0.1) is 5.82 Å². The van der Waals surface area contributed by atoms with E-state index in [1.54, 1.807) is 12.1 Å². The van der Waals surface area contributed by atoms with Crippen LogP contribution in [0.3, 0.4) is 0 Å². The molecule has 0 radical (unpaired) electrons. The summed E-state index contributed by atoms with van der Waals surface area (Å²) >= 11 is 0. The van der Waals surface area contributed by atoms with E-state index in [1.807, 2.05) is 11.9 Å². The highest BCUT2D eigenvalue weighted by Gasteiger charge is 2.09. The molecule has 0 aliphatic heterocycles. The lowest BCUT2D eigenvalue weighted by Gasteiger charge is -2.17. The minimum Gasteiger partial charge on any atom is -0.342 e. The Bertz CT molecular complexity index is 583. The number of halogens is 1. The molecule has 1 heterocycles. The van der Waals surface area contributed by atoms with E-state index in [-0.39, 0.29) is 5.82 Å². The molecule has 0 unspecified atom stereocenters. The second-order valence-corrected chi connectivity index (χ2v) is 5.01. The Morgan fingerprint density at radius 2 is 1.67 bits per heavy atom. The topological polar surface area (TPSA) is 41.9 Å². The molecule has 0 amide bonds. The lowest BCUT2D eigenvalue weighted by molar-refractivity contribution is 0.627. The van der Waals surface area contributed by atoms with Gasteiger partial charge in [0.2, 0.25) is 5.95 Å². The highest BCUT2D eigenvalue weighted by Crippen LogP contribution is 2.11. The fraction of sp³-hybridized carbons (Fsp3) is 0.438. The highest BCUT2D eigenvalue weighted by atomic mass is 19.1. The maximum absolute atomic E-state index is 12.9. The average Bonchev–Trinajstić information content (AvgIpc) is 2.53. The minimum atomic E-state index is -0.206. The van der Waals surface area contributed by atoms with Crippen molar-refractivity contribution in [2.75, 3.05) is 18.5 Å². The monoisotopic (exact) mass is 288 g/mol. The van der Waals surface area contributed by atoms with Crippen molar-refractivity contribution in [3.8, 4) is 0 Å². The van der Waals surface area contributed by atoms with E-state index in [4.69, 9.17) is 0 Å². The van der Waals surface area contributed by atoms with Crippen molar-refractivity contribution in [2.24, 2.45) is 0 Å². The van der Waals surface area contributed by atoms with E-state index in [2.05, 4.69) is 29.0 Å². The molecule has 0 atom stereocenters. The molecule has 0 N–H and O–H groups in total. The zero-order valence-corrected chi connectivity index (χ0v) is 12.8. The number of benzene rings is 1. The third-order valence-electron chi connectivity index (χ3n) is 3.49. The van der Waals surface area contributed by atoms with Gasteiger partial charge in [-0.1, -0.05) is 26.0 Å². The third-order valence-corrected chi connectivity index (χ3v) is 3.49. The van der Waals surface area contributed by atoms with Crippen LogP contribution in [0.1, 0.15) is 30.8 Å². The standard InChI is InChI=1S/C16H21FN4/c1-4-14-15(5-2)19-20-16(18-14)21(3)11-10-12-6-8-13(17)9-7-12/h6-9H,4-5,10-11H2,1-3H3. The lowest BCUT2D eigenvalue weighted by atomic mass is 10.1. The van der Waals surface area contributed by atoms with Crippen molar-refractivity contribution in [3.05, 3.63) is 47.0 Å². The van der Waals surface area contributed by atoms with Crippen molar-refractivity contribution in [3.63, 3.8) is 0 Å². The number of nitrogens with zero attached hydrogens (tertiary/aromatic N) is 4. The molecule has 21 heavy (non-hydrogen) atoms. The van der Waals surface area contributed by atoms with E-state index >= 15 is 0 Å². The molecule has 4 nitrogen and oxygen atoms in total. The zero-order chi connectivity index (χ0) is 15.2. The zero-order valence-electron chi connectivity index (χ0n) is 12.8. The van der Waals surface area contributed by atoms with Crippen molar-refractivity contribution < 1.29 is 4.39 Å². The van der Waals surface area contributed by atoms with Crippen molar-refractivity contribution >= 4 is 5.95 Å². The van der Waals surface area contributed by atoms with Crippen molar-refractivity contribution in [1.82, 2.24) is 15.2 Å². The maximum Gasteiger partial charge on any atom is 0.245 e. The van der Waals surface area contributed by atoms with Gasteiger partial charge in [-0.3, -0.25) is 0 Å². The van der Waals surface area contributed by atoms with Gasteiger partial charge < -0.3 is 4.90 Å². The van der Waals surface area contributed by atoms with Crippen LogP contribution in [0.5, 0.6) is 0 Å². The number of likely N-dealkylation sites (N-methyl/N-ethyl adjacent to an activating group) is 1. The summed E-state index contributed by atoms with van der Waals surface area (Å²) in [7, 11) is 1.95. The molecule has 0 saturated carbocycles. The first-order chi connectivity index (χ1) is 10.1. The fourth-order valence-corrected chi connectivity index (χ4v) is 2.14. The molecular formula is C16H21FN4. The van der Waals surface area contributed by atoms with Crippen LogP contribution in [0.25, 0.3) is 0 Å². The van der Waals surface area contributed by atoms with Gasteiger partial charge in [0.25, 0.3) is 0 Å². The summed E-state index contributed by atoms with van der Waals surface area (Å²) in [6.07, 6.45) is 2.53. The Balaban J connectivity index is 2.02. The van der Waals surface area contributed by atoms with E-state index in [0.29, 0.717) is 5.95 Å². The number of hydrogen-bond acceptors (Lipinski definition) is 4. The number of anilines is 1. The summed E-state index contributed by atoms with van der Waals surface area (Å²) in [6.45, 7) is 4.90. The summed E-state index contributed by atoms with van der Waals surface area (Å²) in [6, 6.07) is 6.58. The Kier molecular flexibility index (Phi) is 5.20. The molecule has 2 aromatic rings. The van der Waals surface area contributed by atoms with Crippen LogP contribution >= 0.6 is 0 Å². The second kappa shape index (κ2) is 7.11. The predicted molar refractivity (Wildman–Crippen MR) is 82.0 cm³/mol. The largest absolute Gasteiger partial charge is 0.342 e. The Hall–Kier alpha value is -2.04. The normalized spacial score (nSPS) is 10.7. The Morgan fingerprint density at radius 1 is 1.00 bits per heavy atom. The molecule has 0 bridgehead atoms. The molecule has 1 aromatic carbocycles. The van der Waals surface area contributed by atoms with E-state index < -0.39 is 0 Å². The van der Waals surface area contributed by atoms with Crippen LogP contribution in [0.15, 0.2) is 24.3 Å². The molecule has 2 rings (SSSR count). The van der Waals surface area contributed by atoms with Gasteiger partial charge in [-0.05, 0) is 37.0 Å². The second-order valence-electron chi connectivity index (χ2n) is 5.01. The molecule has 0 spiro atoms. The van der Waals surface area contributed by atoms with Crippen LogP contribution in [-0.4, -0.2) is 28.8 Å². The first-order valence-corrected chi connectivity index (χ1v) is 7.32. The van der Waals surface area contributed by atoms with Gasteiger partial charge >= 0.3 is 0 Å². The number of hydrogen-bond donors (Lipinski definition) is 0. The SMILES string of the molecule is CCc1nnc(N(C)CCc2ccc(F)cc2)nc1CC. The van der Waals surface area contributed by atoms with Crippen LogP contribution < -0.4 is 4.90 Å². The van der Waals surface area contributed by atoms with Gasteiger partial charge in [0.05, 0.1) is 11.4 Å². The highest BCUT2D eigenvalue weighted by molar-refractivity contribution is 5.30. The van der Waals surface area contributed by atoms with Crippen LogP contribution in [0.4, 0.5) is 10.3 Å². The van der Waals surface area contributed by atoms with Gasteiger partial charge in [0.1, 0.15) is 5.82 Å². The van der Waals surface area contributed by atoms with E-state index in [1.165, 1.54) is 12.1 Å². The Morgan fingerprint density at radius 3 is 2.29 bits per heavy atom. The summed E-state index contributed by atoms with van der Waals surface area (Å²) in [5.74, 6) is 0.438. The molecule has 5 heteroatoms. The molecule has 0 saturated heterocycles. The number of rotatable bonds is 6. The molecule has 0 aliphatic rings. The fourth-order valence-electron chi connectivity index (χ4n) is 2.14. The first-order valence-electron chi connectivity index (χ1n) is 7.32. The minimum absolute atomic E-state index is 0.206. The summed E-state index contributed by atoms with van der Waals surface area (Å²) < 4.78 is 12.9. The van der Waals surface area contributed by atoms with Gasteiger partial charge in [-0.15, -0.1) is 5.10 Å². The van der Waals surface area contributed by atoms with Gasteiger partial charge in [-0.25, -0.2) is 9.37 Å². The van der Waals surface area contributed by atoms with Gasteiger partial charge in [0.15, 0.2) is 0 Å². The quantitative estimate of drug-likeness (QED) is 0.819. The molecule has 1 aromatic heterocycles. The molecular weight excluding hydrogens is 267 g/mol. The predicted octanol–water partition coefficient (Wildman–Crippen LogP) is 2.81. The average molecular weight is 288 g/mol. The lowest BCUT2D eigenvalue weighted by Crippen LogP contribution is -2.24. The van der Waals surface area contributed by atoms with Crippen LogP contribution in [0.2, 0.25) is 0 Å². The van der Waals surface area contributed by atoms with Crippen molar-refractivity contribution in [1.29, 1.82) is 0 Å². The summed E-state index contributed by atoms with van der Waals surface area (Å²) in [4.78, 5) is 6.56. The summed E-state index contributed by atoms with van der Waals surface area (Å²) in [5, 5.41) is 8.44. The third kappa shape index (κ3) is 3.97. The van der Waals surface area contributed by atoms with Gasteiger partial charge in [-0.2, -0.15) is 5.10 Å². The molecule has 0 aliphatic carbocycles. The first kappa shape index (κ1) is 15.4. The Labute approximate surface area is 125 Å². The van der Waals surface area contributed by atoms with Crippen LogP contribution in [-0.2, 0) is 19.3 Å². The summed E-state index contributed by atoms with van der Waals surface area (Å²) in [5.41, 5.74) is 3.07. The molecule has 0 fully saturated rings.